The number of rotatable bonds is 3. The molecule has 3 nitrogen and oxygen atoms in total. The lowest BCUT2D eigenvalue weighted by atomic mass is 10.0. The van der Waals surface area contributed by atoms with E-state index in [2.05, 4.69) is 20.9 Å². The van der Waals surface area contributed by atoms with Gasteiger partial charge in [0.2, 0.25) is 5.88 Å². The molecule has 0 N–H and O–H groups in total. The maximum absolute atomic E-state index is 11.7. The molecule has 0 bridgehead atoms. The van der Waals surface area contributed by atoms with Gasteiger partial charge in [0.15, 0.2) is 5.78 Å². The number of carbonyl (C=O) groups is 1. The van der Waals surface area contributed by atoms with Gasteiger partial charge in [-0.15, -0.1) is 0 Å². The van der Waals surface area contributed by atoms with E-state index in [9.17, 15) is 4.79 Å². The predicted octanol–water partition coefficient (Wildman–Crippen LogP) is 4.38. The SMILES string of the molecule is COc1ccc(C(C)=O)c(-c2ccc(Br)cc2Cl)n1. The summed E-state index contributed by atoms with van der Waals surface area (Å²) in [5.41, 5.74) is 1.75. The van der Waals surface area contributed by atoms with Crippen LogP contribution in [0.25, 0.3) is 11.3 Å². The summed E-state index contributed by atoms with van der Waals surface area (Å²) in [6.45, 7) is 1.50. The first kappa shape index (κ1) is 14.0. The van der Waals surface area contributed by atoms with E-state index < -0.39 is 0 Å². The Morgan fingerprint density at radius 2 is 2.05 bits per heavy atom. The number of methoxy groups -OCH3 is 1. The maximum atomic E-state index is 11.7. The second kappa shape index (κ2) is 5.72. The van der Waals surface area contributed by atoms with E-state index in [4.69, 9.17) is 16.3 Å². The molecule has 2 aromatic rings. The van der Waals surface area contributed by atoms with Crippen molar-refractivity contribution in [3.05, 3.63) is 45.4 Å². The number of halogens is 2. The van der Waals surface area contributed by atoms with Crippen LogP contribution in [0.5, 0.6) is 5.88 Å². The van der Waals surface area contributed by atoms with Crippen LogP contribution in [0.1, 0.15) is 17.3 Å². The Bertz CT molecular complexity index is 643. The van der Waals surface area contributed by atoms with Crippen LogP contribution in [0.2, 0.25) is 5.02 Å². The number of ketones is 1. The van der Waals surface area contributed by atoms with Gasteiger partial charge in [-0.1, -0.05) is 33.6 Å². The number of nitrogens with zero attached hydrogens (tertiary/aromatic N) is 1. The number of hydrogen-bond acceptors (Lipinski definition) is 3. The molecule has 19 heavy (non-hydrogen) atoms. The lowest BCUT2D eigenvalue weighted by Crippen LogP contribution is -2.01. The van der Waals surface area contributed by atoms with Gasteiger partial charge in [0.25, 0.3) is 0 Å². The third-order valence-electron chi connectivity index (χ3n) is 2.64. The smallest absolute Gasteiger partial charge is 0.213 e. The molecule has 0 radical (unpaired) electrons. The van der Waals surface area contributed by atoms with Crippen molar-refractivity contribution in [3.63, 3.8) is 0 Å². The first-order chi connectivity index (χ1) is 9.02. The molecule has 0 saturated heterocycles. The molecule has 0 saturated carbocycles. The summed E-state index contributed by atoms with van der Waals surface area (Å²) in [5, 5.41) is 0.526. The highest BCUT2D eigenvalue weighted by molar-refractivity contribution is 9.10. The van der Waals surface area contributed by atoms with Gasteiger partial charge < -0.3 is 4.74 Å². The van der Waals surface area contributed by atoms with Crippen LogP contribution in [0.4, 0.5) is 0 Å². The van der Waals surface area contributed by atoms with E-state index in [0.717, 1.165) is 4.47 Å². The molecule has 0 amide bonds. The van der Waals surface area contributed by atoms with Gasteiger partial charge >= 0.3 is 0 Å². The highest BCUT2D eigenvalue weighted by Crippen LogP contribution is 2.32. The van der Waals surface area contributed by atoms with Gasteiger partial charge in [-0.05, 0) is 25.1 Å². The molecule has 0 atom stereocenters. The minimum Gasteiger partial charge on any atom is -0.481 e. The topological polar surface area (TPSA) is 39.2 Å². The van der Waals surface area contributed by atoms with Crippen LogP contribution in [0.15, 0.2) is 34.8 Å². The van der Waals surface area contributed by atoms with Gasteiger partial charge in [0.05, 0.1) is 17.8 Å². The maximum Gasteiger partial charge on any atom is 0.213 e. The molecule has 0 aliphatic heterocycles. The van der Waals surface area contributed by atoms with Crippen LogP contribution < -0.4 is 4.74 Å². The zero-order valence-corrected chi connectivity index (χ0v) is 12.7. The van der Waals surface area contributed by atoms with Crippen molar-refractivity contribution in [1.82, 2.24) is 4.98 Å². The number of pyridine rings is 1. The Labute approximate surface area is 124 Å². The largest absolute Gasteiger partial charge is 0.481 e. The highest BCUT2D eigenvalue weighted by atomic mass is 79.9. The Hall–Kier alpha value is -1.39. The summed E-state index contributed by atoms with van der Waals surface area (Å²) in [6.07, 6.45) is 0. The molecule has 98 valence electrons. The fraction of sp³-hybridized carbons (Fsp3) is 0.143. The van der Waals surface area contributed by atoms with Crippen LogP contribution >= 0.6 is 27.5 Å². The molecular weight excluding hydrogens is 330 g/mol. The number of benzene rings is 1. The third kappa shape index (κ3) is 2.96. The van der Waals surface area contributed by atoms with Crippen LogP contribution in [-0.4, -0.2) is 17.9 Å². The zero-order chi connectivity index (χ0) is 14.0. The van der Waals surface area contributed by atoms with Crippen molar-refractivity contribution < 1.29 is 9.53 Å². The first-order valence-corrected chi connectivity index (χ1v) is 6.71. The number of carbonyl (C=O) groups excluding carboxylic acids is 1. The first-order valence-electron chi connectivity index (χ1n) is 5.54. The number of ether oxygens (including phenoxy) is 1. The van der Waals surface area contributed by atoms with Crippen LogP contribution in [0, 0.1) is 0 Å². The van der Waals surface area contributed by atoms with E-state index >= 15 is 0 Å². The molecular formula is C14H11BrClNO2. The molecule has 0 spiro atoms. The van der Waals surface area contributed by atoms with Gasteiger partial charge in [0.1, 0.15) is 0 Å². The summed E-state index contributed by atoms with van der Waals surface area (Å²) in [7, 11) is 1.53. The summed E-state index contributed by atoms with van der Waals surface area (Å²) < 4.78 is 5.97. The number of Topliss-reactive ketones (excluding diaryl/α,β-unsaturated/α-hetero) is 1. The molecule has 5 heteroatoms. The van der Waals surface area contributed by atoms with Crippen molar-refractivity contribution in [1.29, 1.82) is 0 Å². The van der Waals surface area contributed by atoms with E-state index in [-0.39, 0.29) is 5.78 Å². The quantitative estimate of drug-likeness (QED) is 0.779. The Kier molecular flexibility index (Phi) is 4.22. The lowest BCUT2D eigenvalue weighted by Gasteiger charge is -2.10. The average molecular weight is 341 g/mol. The van der Waals surface area contributed by atoms with E-state index in [1.807, 2.05) is 12.1 Å². The Balaban J connectivity index is 2.68. The fourth-order valence-electron chi connectivity index (χ4n) is 1.73. The van der Waals surface area contributed by atoms with Gasteiger partial charge in [-0.2, -0.15) is 0 Å². The van der Waals surface area contributed by atoms with E-state index in [1.165, 1.54) is 14.0 Å². The van der Waals surface area contributed by atoms with Gasteiger partial charge in [-0.25, -0.2) is 4.98 Å². The van der Waals surface area contributed by atoms with Crippen molar-refractivity contribution in [3.8, 4) is 17.1 Å². The number of aromatic nitrogens is 1. The molecule has 1 aromatic heterocycles. The van der Waals surface area contributed by atoms with Gasteiger partial charge in [0, 0.05) is 21.7 Å². The Morgan fingerprint density at radius 3 is 2.63 bits per heavy atom. The van der Waals surface area contributed by atoms with Crippen molar-refractivity contribution >= 4 is 33.3 Å². The molecule has 0 fully saturated rings. The highest BCUT2D eigenvalue weighted by Gasteiger charge is 2.15. The van der Waals surface area contributed by atoms with Gasteiger partial charge in [-0.3, -0.25) is 4.79 Å². The second-order valence-corrected chi connectivity index (χ2v) is 5.25. The third-order valence-corrected chi connectivity index (χ3v) is 3.45. The van der Waals surface area contributed by atoms with Crippen molar-refractivity contribution in [2.24, 2.45) is 0 Å². The molecule has 0 aliphatic rings. The summed E-state index contributed by atoms with van der Waals surface area (Å²) in [6, 6.07) is 8.80. The van der Waals surface area contributed by atoms with Crippen LogP contribution in [0.3, 0.4) is 0 Å². The minimum atomic E-state index is -0.0656. The summed E-state index contributed by atoms with van der Waals surface area (Å²) in [4.78, 5) is 16.0. The zero-order valence-electron chi connectivity index (χ0n) is 10.4. The molecule has 1 heterocycles. The van der Waals surface area contributed by atoms with E-state index in [1.54, 1.807) is 18.2 Å². The lowest BCUT2D eigenvalue weighted by molar-refractivity contribution is 0.101. The monoisotopic (exact) mass is 339 g/mol. The summed E-state index contributed by atoms with van der Waals surface area (Å²) >= 11 is 9.56. The van der Waals surface area contributed by atoms with Crippen molar-refractivity contribution in [2.45, 2.75) is 6.92 Å². The second-order valence-electron chi connectivity index (χ2n) is 3.93. The standard InChI is InChI=1S/C14H11BrClNO2/c1-8(18)10-5-6-13(19-2)17-14(10)11-4-3-9(15)7-12(11)16/h3-7H,1-2H3. The molecule has 0 unspecified atom stereocenters. The predicted molar refractivity (Wildman–Crippen MR) is 78.9 cm³/mol. The van der Waals surface area contributed by atoms with Crippen molar-refractivity contribution in [2.75, 3.05) is 7.11 Å². The van der Waals surface area contributed by atoms with E-state index in [0.29, 0.717) is 27.7 Å². The molecule has 1 aromatic carbocycles. The fourth-order valence-corrected chi connectivity index (χ4v) is 2.49. The van der Waals surface area contributed by atoms with Crippen LogP contribution in [-0.2, 0) is 0 Å². The molecule has 2 rings (SSSR count). The number of hydrogen-bond donors (Lipinski definition) is 0. The Morgan fingerprint density at radius 1 is 1.32 bits per heavy atom. The minimum absolute atomic E-state index is 0.0656. The normalized spacial score (nSPS) is 10.3. The average Bonchev–Trinajstić information content (AvgIpc) is 2.38. The molecule has 0 aliphatic carbocycles. The summed E-state index contributed by atoms with van der Waals surface area (Å²) in [5.74, 6) is 0.378.